The van der Waals surface area contributed by atoms with Gasteiger partial charge in [-0.3, -0.25) is 4.90 Å². The maximum atomic E-state index is 13.0. The van der Waals surface area contributed by atoms with Crippen LogP contribution in [-0.2, 0) is 18.9 Å². The first-order valence-electron chi connectivity index (χ1n) is 12.7. The third kappa shape index (κ3) is 2.16. The molecular weight excluding hydrogens is 426 g/mol. The maximum Gasteiger partial charge on any atom is 0.136 e. The van der Waals surface area contributed by atoms with Gasteiger partial charge in [0, 0.05) is 70.0 Å². The zero-order chi connectivity index (χ0) is 23.6. The molecule has 8 heteroatoms. The zero-order valence-electron chi connectivity index (χ0n) is 20.6. The van der Waals surface area contributed by atoms with Crippen molar-refractivity contribution in [3.05, 3.63) is 0 Å². The summed E-state index contributed by atoms with van der Waals surface area (Å²) < 4.78 is 24.5. The molecule has 7 bridgehead atoms. The van der Waals surface area contributed by atoms with Crippen molar-refractivity contribution in [2.24, 2.45) is 34.5 Å². The molecule has 5 saturated carbocycles. The van der Waals surface area contributed by atoms with Crippen LogP contribution in [0, 0.1) is 34.5 Å². The molecule has 1 saturated heterocycles. The number of hydrogen-bond acceptors (Lipinski definition) is 8. The molecular formula is C25H41NO7. The molecule has 6 rings (SSSR count). The van der Waals surface area contributed by atoms with Gasteiger partial charge in [0.25, 0.3) is 0 Å². The van der Waals surface area contributed by atoms with E-state index >= 15 is 0 Å². The molecule has 0 aromatic carbocycles. The van der Waals surface area contributed by atoms with Crippen molar-refractivity contribution in [3.8, 4) is 0 Å². The number of rotatable bonds is 6. The summed E-state index contributed by atoms with van der Waals surface area (Å²) in [6.45, 7) is 3.59. The van der Waals surface area contributed by atoms with Gasteiger partial charge in [0.15, 0.2) is 0 Å². The highest BCUT2D eigenvalue weighted by Gasteiger charge is 2.91. The van der Waals surface area contributed by atoms with Gasteiger partial charge in [0.05, 0.1) is 37.1 Å². The fourth-order valence-corrected chi connectivity index (χ4v) is 11.0. The number of ether oxygens (including phenoxy) is 4. The normalized spacial score (nSPS) is 60.9. The molecule has 33 heavy (non-hydrogen) atoms. The lowest BCUT2D eigenvalue weighted by Crippen LogP contribution is -2.82. The van der Waals surface area contributed by atoms with Gasteiger partial charge in [0.1, 0.15) is 11.2 Å². The lowest BCUT2D eigenvalue weighted by molar-refractivity contribution is -0.320. The van der Waals surface area contributed by atoms with Crippen LogP contribution >= 0.6 is 0 Å². The van der Waals surface area contributed by atoms with Crippen molar-refractivity contribution in [3.63, 3.8) is 0 Å². The Morgan fingerprint density at radius 3 is 2.36 bits per heavy atom. The van der Waals surface area contributed by atoms with Crippen LogP contribution in [0.15, 0.2) is 0 Å². The van der Waals surface area contributed by atoms with E-state index in [2.05, 4.69) is 11.8 Å². The van der Waals surface area contributed by atoms with Gasteiger partial charge in [-0.05, 0) is 31.7 Å². The maximum absolute atomic E-state index is 13.0. The van der Waals surface area contributed by atoms with E-state index < -0.39 is 28.1 Å². The molecule has 6 aliphatic rings. The van der Waals surface area contributed by atoms with Crippen LogP contribution < -0.4 is 0 Å². The van der Waals surface area contributed by atoms with E-state index in [4.69, 9.17) is 18.9 Å². The van der Waals surface area contributed by atoms with E-state index in [9.17, 15) is 15.3 Å². The summed E-state index contributed by atoms with van der Waals surface area (Å²) >= 11 is 0. The Balaban J connectivity index is 1.68. The van der Waals surface area contributed by atoms with Crippen molar-refractivity contribution in [1.82, 2.24) is 4.90 Å². The second-order valence-electron chi connectivity index (χ2n) is 11.8. The monoisotopic (exact) mass is 467 g/mol. The van der Waals surface area contributed by atoms with Crippen LogP contribution in [0.1, 0.15) is 32.6 Å². The second kappa shape index (κ2) is 7.13. The molecule has 0 radical (unpaired) electrons. The third-order valence-electron chi connectivity index (χ3n) is 11.6. The van der Waals surface area contributed by atoms with Gasteiger partial charge in [-0.25, -0.2) is 0 Å². The van der Waals surface area contributed by atoms with Gasteiger partial charge < -0.3 is 34.3 Å². The number of hydrogen-bond donors (Lipinski definition) is 3. The minimum atomic E-state index is -1.52. The summed E-state index contributed by atoms with van der Waals surface area (Å²) in [5.74, 6) is -0.0916. The highest BCUT2D eigenvalue weighted by molar-refractivity contribution is 5.41. The number of methoxy groups -OCH3 is 4. The fraction of sp³-hybridized carbons (Fsp3) is 1.00. The van der Waals surface area contributed by atoms with E-state index in [1.54, 1.807) is 28.4 Å². The number of nitrogens with zero attached hydrogens (tertiary/aromatic N) is 1. The molecule has 3 N–H and O–H groups in total. The smallest absolute Gasteiger partial charge is 0.136 e. The van der Waals surface area contributed by atoms with Gasteiger partial charge in [-0.15, -0.1) is 0 Å². The standard InChI is InChI=1S/C25H41NO7/c1-6-26-11-22(12-27)8-7-16(31-3)24-14-9-13-15(30-2)10-23(28,17(14)18(13)32-4)25(29,21(24)26)20(33-5)19(22)24/h13-21,27-29H,6-12H2,1-5H3/t13-,14?,15+,16+,17?,18+,19?,20+,21+,22+,23-,24?,25?/m1/s1. The van der Waals surface area contributed by atoms with Gasteiger partial charge in [-0.1, -0.05) is 6.92 Å². The Morgan fingerprint density at radius 2 is 1.79 bits per heavy atom. The number of likely N-dealkylation sites (tertiary alicyclic amines) is 1. The first-order chi connectivity index (χ1) is 15.8. The van der Waals surface area contributed by atoms with Crippen LogP contribution in [0.5, 0.6) is 0 Å². The van der Waals surface area contributed by atoms with Gasteiger partial charge >= 0.3 is 0 Å². The van der Waals surface area contributed by atoms with Crippen molar-refractivity contribution in [1.29, 1.82) is 0 Å². The summed E-state index contributed by atoms with van der Waals surface area (Å²) in [6.07, 6.45) is 1.81. The minimum absolute atomic E-state index is 0.0443. The Bertz CT molecular complexity index is 814. The van der Waals surface area contributed by atoms with Gasteiger partial charge in [-0.2, -0.15) is 0 Å². The molecule has 5 unspecified atom stereocenters. The minimum Gasteiger partial charge on any atom is -0.396 e. The first-order valence-corrected chi connectivity index (χ1v) is 12.7. The largest absolute Gasteiger partial charge is 0.396 e. The van der Waals surface area contributed by atoms with Gasteiger partial charge in [0.2, 0.25) is 0 Å². The van der Waals surface area contributed by atoms with Crippen LogP contribution in [0.3, 0.4) is 0 Å². The molecule has 1 heterocycles. The molecule has 6 fully saturated rings. The molecule has 0 amide bonds. The Morgan fingerprint density at radius 1 is 1.03 bits per heavy atom. The average molecular weight is 468 g/mol. The van der Waals surface area contributed by atoms with Crippen molar-refractivity contribution < 1.29 is 34.3 Å². The number of piperidine rings is 1. The van der Waals surface area contributed by atoms with E-state index in [0.29, 0.717) is 13.0 Å². The van der Waals surface area contributed by atoms with E-state index in [1.807, 2.05) is 0 Å². The molecule has 8 nitrogen and oxygen atoms in total. The number of fused-ring (bicyclic) bond motifs is 2. The molecule has 188 valence electrons. The third-order valence-corrected chi connectivity index (χ3v) is 11.6. The van der Waals surface area contributed by atoms with Crippen LogP contribution in [-0.4, -0.2) is 110 Å². The summed E-state index contributed by atoms with van der Waals surface area (Å²) in [4.78, 5) is 2.33. The predicted molar refractivity (Wildman–Crippen MR) is 119 cm³/mol. The van der Waals surface area contributed by atoms with Crippen LogP contribution in [0.4, 0.5) is 0 Å². The summed E-state index contributed by atoms with van der Waals surface area (Å²) in [7, 11) is 6.85. The first kappa shape index (κ1) is 23.1. The van der Waals surface area contributed by atoms with Crippen molar-refractivity contribution in [2.75, 3.05) is 48.1 Å². The van der Waals surface area contributed by atoms with Crippen LogP contribution in [0.2, 0.25) is 0 Å². The predicted octanol–water partition coefficient (Wildman–Crippen LogP) is 0.271. The molecule has 0 aromatic heterocycles. The Kier molecular flexibility index (Phi) is 4.99. The lowest BCUT2D eigenvalue weighted by Gasteiger charge is -2.70. The summed E-state index contributed by atoms with van der Waals surface area (Å²) in [5, 5.41) is 36.6. The zero-order valence-corrected chi connectivity index (χ0v) is 20.6. The number of aliphatic hydroxyl groups excluding tert-OH is 1. The number of likely N-dealkylation sites (N-methyl/N-ethyl adjacent to an activating group) is 1. The Hall–Kier alpha value is -0.320. The van der Waals surface area contributed by atoms with Crippen molar-refractivity contribution >= 4 is 0 Å². The second-order valence-corrected chi connectivity index (χ2v) is 11.8. The molecule has 5 aliphatic carbocycles. The Labute approximate surface area is 196 Å². The van der Waals surface area contributed by atoms with E-state index in [-0.39, 0.29) is 54.6 Å². The molecule has 0 aromatic rings. The van der Waals surface area contributed by atoms with E-state index in [0.717, 1.165) is 25.8 Å². The highest BCUT2D eigenvalue weighted by atomic mass is 16.5. The lowest BCUT2D eigenvalue weighted by atomic mass is 9.42. The average Bonchev–Trinajstić information content (AvgIpc) is 3.24. The molecule has 1 aliphatic heterocycles. The topological polar surface area (TPSA) is 101 Å². The molecule has 13 atom stereocenters. The molecule has 1 spiro atoms. The quantitative estimate of drug-likeness (QED) is 0.512. The summed E-state index contributed by atoms with van der Waals surface area (Å²) in [5.41, 5.74) is -3.78. The SMILES string of the molecule is CCN1C[C@]2(CO)CC[C@H](OC)C34C5C[C@@H]6[C@@H](OC)C[C@@](O)(C5[C@H]6OC)C(O)([C@@H](OC)C32)[C@@H]14. The van der Waals surface area contributed by atoms with Crippen LogP contribution in [0.25, 0.3) is 0 Å². The van der Waals surface area contributed by atoms with E-state index in [1.165, 1.54) is 0 Å². The van der Waals surface area contributed by atoms with Crippen molar-refractivity contribution in [2.45, 2.75) is 74.3 Å². The fourth-order valence-electron chi connectivity index (χ4n) is 11.0. The highest BCUT2D eigenvalue weighted by Crippen LogP contribution is 2.80. The number of aliphatic hydroxyl groups is 3. The summed E-state index contributed by atoms with van der Waals surface area (Å²) in [6, 6.07) is -0.312.